The summed E-state index contributed by atoms with van der Waals surface area (Å²) in [7, 11) is 0. The summed E-state index contributed by atoms with van der Waals surface area (Å²) in [6, 6.07) is 13.6. The van der Waals surface area contributed by atoms with Crippen molar-refractivity contribution in [3.8, 4) is 23.2 Å². The molecule has 0 fully saturated rings. The standard InChI is InChI=1S/C15H12N4O/c1-2-20-15-11(9-16)8-12-14(17-15)13(19-18-12)10-6-4-3-5-7-10/h3-8H,2H2,1H3,(H,18,19). The quantitative estimate of drug-likeness (QED) is 0.789. The number of aromatic nitrogens is 3. The van der Waals surface area contributed by atoms with Gasteiger partial charge in [-0.25, -0.2) is 4.98 Å². The number of H-pyrrole nitrogens is 1. The first-order chi connectivity index (χ1) is 9.83. The van der Waals surface area contributed by atoms with Gasteiger partial charge >= 0.3 is 0 Å². The van der Waals surface area contributed by atoms with Crippen molar-refractivity contribution >= 4 is 11.0 Å². The number of ether oxygens (including phenoxy) is 1. The highest BCUT2D eigenvalue weighted by atomic mass is 16.5. The van der Waals surface area contributed by atoms with Gasteiger partial charge in [0.15, 0.2) is 0 Å². The van der Waals surface area contributed by atoms with Crippen LogP contribution in [-0.4, -0.2) is 21.8 Å². The third-order valence-corrected chi connectivity index (χ3v) is 2.95. The van der Waals surface area contributed by atoms with Crippen molar-refractivity contribution in [2.24, 2.45) is 0 Å². The Labute approximate surface area is 115 Å². The molecular weight excluding hydrogens is 252 g/mol. The SMILES string of the molecule is CCOc1nc2c(-c3ccccc3)n[nH]c2cc1C#N. The summed E-state index contributed by atoms with van der Waals surface area (Å²) < 4.78 is 5.42. The van der Waals surface area contributed by atoms with E-state index in [1.807, 2.05) is 37.3 Å². The Morgan fingerprint density at radius 3 is 2.80 bits per heavy atom. The minimum Gasteiger partial charge on any atom is -0.477 e. The summed E-state index contributed by atoms with van der Waals surface area (Å²) in [6.07, 6.45) is 0. The molecule has 0 saturated heterocycles. The second-order valence-electron chi connectivity index (χ2n) is 4.22. The molecule has 0 saturated carbocycles. The number of benzene rings is 1. The van der Waals surface area contributed by atoms with E-state index in [2.05, 4.69) is 21.3 Å². The first-order valence-corrected chi connectivity index (χ1v) is 6.31. The molecule has 2 aromatic heterocycles. The van der Waals surface area contributed by atoms with Gasteiger partial charge in [0, 0.05) is 5.56 Å². The van der Waals surface area contributed by atoms with Crippen LogP contribution in [0.15, 0.2) is 36.4 Å². The summed E-state index contributed by atoms with van der Waals surface area (Å²) in [6.45, 7) is 2.33. The number of hydrogen-bond acceptors (Lipinski definition) is 4. The third kappa shape index (κ3) is 1.97. The summed E-state index contributed by atoms with van der Waals surface area (Å²) in [5, 5.41) is 16.3. The Hall–Kier alpha value is -2.87. The van der Waals surface area contributed by atoms with Gasteiger partial charge in [-0.15, -0.1) is 0 Å². The fourth-order valence-electron chi connectivity index (χ4n) is 2.06. The number of hydrogen-bond donors (Lipinski definition) is 1. The fourth-order valence-corrected chi connectivity index (χ4v) is 2.06. The van der Waals surface area contributed by atoms with Gasteiger partial charge in [0.05, 0.1) is 12.1 Å². The molecule has 3 aromatic rings. The van der Waals surface area contributed by atoms with E-state index in [0.29, 0.717) is 23.6 Å². The van der Waals surface area contributed by atoms with E-state index in [1.165, 1.54) is 0 Å². The largest absolute Gasteiger partial charge is 0.477 e. The fraction of sp³-hybridized carbons (Fsp3) is 0.133. The molecule has 0 atom stereocenters. The first-order valence-electron chi connectivity index (χ1n) is 6.31. The molecule has 3 rings (SSSR count). The molecule has 0 unspecified atom stereocenters. The number of nitrogens with one attached hydrogen (secondary N) is 1. The van der Waals surface area contributed by atoms with Gasteiger partial charge in [0.1, 0.15) is 22.8 Å². The van der Waals surface area contributed by atoms with Crippen LogP contribution in [0.5, 0.6) is 5.88 Å². The normalized spacial score (nSPS) is 10.4. The molecule has 5 heteroatoms. The minimum absolute atomic E-state index is 0.348. The lowest BCUT2D eigenvalue weighted by Crippen LogP contribution is -1.97. The van der Waals surface area contributed by atoms with E-state index in [4.69, 9.17) is 10.00 Å². The third-order valence-electron chi connectivity index (χ3n) is 2.95. The predicted molar refractivity (Wildman–Crippen MR) is 75.2 cm³/mol. The molecule has 0 radical (unpaired) electrons. The number of aromatic amines is 1. The molecule has 20 heavy (non-hydrogen) atoms. The van der Waals surface area contributed by atoms with Crippen molar-refractivity contribution in [3.63, 3.8) is 0 Å². The first kappa shape index (κ1) is 12.2. The van der Waals surface area contributed by atoms with Crippen molar-refractivity contribution in [3.05, 3.63) is 42.0 Å². The Morgan fingerprint density at radius 2 is 2.10 bits per heavy atom. The lowest BCUT2D eigenvalue weighted by molar-refractivity contribution is 0.327. The molecule has 0 spiro atoms. The summed E-state index contributed by atoms with van der Waals surface area (Å²) in [5.74, 6) is 0.348. The van der Waals surface area contributed by atoms with Gasteiger partial charge in [0.25, 0.3) is 0 Å². The van der Waals surface area contributed by atoms with Gasteiger partial charge in [-0.05, 0) is 13.0 Å². The molecule has 0 amide bonds. The molecule has 1 N–H and O–H groups in total. The van der Waals surface area contributed by atoms with E-state index in [1.54, 1.807) is 6.07 Å². The van der Waals surface area contributed by atoms with E-state index in [-0.39, 0.29) is 0 Å². The molecule has 0 aliphatic carbocycles. The zero-order chi connectivity index (χ0) is 13.9. The average Bonchev–Trinajstić information content (AvgIpc) is 2.90. The zero-order valence-electron chi connectivity index (χ0n) is 10.9. The van der Waals surface area contributed by atoms with Crippen LogP contribution in [-0.2, 0) is 0 Å². The molecule has 0 aliphatic heterocycles. The number of nitrogens with zero attached hydrogens (tertiary/aromatic N) is 3. The van der Waals surface area contributed by atoms with Crippen LogP contribution in [0, 0.1) is 11.3 Å². The summed E-state index contributed by atoms with van der Waals surface area (Å²) in [4.78, 5) is 4.43. The van der Waals surface area contributed by atoms with Gasteiger partial charge in [-0.3, -0.25) is 5.10 Å². The van der Waals surface area contributed by atoms with Gasteiger partial charge in [-0.2, -0.15) is 10.4 Å². The Morgan fingerprint density at radius 1 is 1.30 bits per heavy atom. The zero-order valence-corrected chi connectivity index (χ0v) is 10.9. The van der Waals surface area contributed by atoms with Crippen molar-refractivity contribution in [1.29, 1.82) is 5.26 Å². The second kappa shape index (κ2) is 5.02. The number of fused-ring (bicyclic) bond motifs is 1. The number of pyridine rings is 1. The average molecular weight is 264 g/mol. The van der Waals surface area contributed by atoms with E-state index in [0.717, 1.165) is 16.8 Å². The highest BCUT2D eigenvalue weighted by Gasteiger charge is 2.14. The Kier molecular flexibility index (Phi) is 3.05. The van der Waals surface area contributed by atoms with Crippen LogP contribution in [0.1, 0.15) is 12.5 Å². The highest BCUT2D eigenvalue weighted by molar-refractivity contribution is 5.90. The van der Waals surface area contributed by atoms with Gasteiger partial charge in [0.2, 0.25) is 5.88 Å². The van der Waals surface area contributed by atoms with Gasteiger partial charge < -0.3 is 4.74 Å². The van der Waals surface area contributed by atoms with E-state index < -0.39 is 0 Å². The second-order valence-corrected chi connectivity index (χ2v) is 4.22. The summed E-state index contributed by atoms with van der Waals surface area (Å²) in [5.41, 5.74) is 3.56. The van der Waals surface area contributed by atoms with Crippen LogP contribution >= 0.6 is 0 Å². The van der Waals surface area contributed by atoms with Crippen LogP contribution < -0.4 is 4.74 Å². The summed E-state index contributed by atoms with van der Waals surface area (Å²) >= 11 is 0. The number of rotatable bonds is 3. The van der Waals surface area contributed by atoms with Crippen LogP contribution in [0.3, 0.4) is 0 Å². The van der Waals surface area contributed by atoms with Gasteiger partial charge in [-0.1, -0.05) is 30.3 Å². The van der Waals surface area contributed by atoms with Crippen molar-refractivity contribution in [2.75, 3.05) is 6.61 Å². The van der Waals surface area contributed by atoms with E-state index >= 15 is 0 Å². The van der Waals surface area contributed by atoms with Crippen LogP contribution in [0.25, 0.3) is 22.3 Å². The van der Waals surface area contributed by atoms with Crippen LogP contribution in [0.2, 0.25) is 0 Å². The molecule has 2 heterocycles. The molecule has 0 aliphatic rings. The topological polar surface area (TPSA) is 74.6 Å². The van der Waals surface area contributed by atoms with Crippen molar-refractivity contribution in [1.82, 2.24) is 15.2 Å². The minimum atomic E-state index is 0.348. The smallest absolute Gasteiger partial charge is 0.232 e. The lowest BCUT2D eigenvalue weighted by Gasteiger charge is -2.04. The maximum absolute atomic E-state index is 9.12. The Bertz CT molecular complexity index is 787. The van der Waals surface area contributed by atoms with Crippen molar-refractivity contribution in [2.45, 2.75) is 6.92 Å². The maximum Gasteiger partial charge on any atom is 0.232 e. The lowest BCUT2D eigenvalue weighted by atomic mass is 10.1. The molecule has 0 bridgehead atoms. The van der Waals surface area contributed by atoms with Crippen molar-refractivity contribution < 1.29 is 4.74 Å². The molecule has 98 valence electrons. The predicted octanol–water partition coefficient (Wildman–Crippen LogP) is 2.90. The highest BCUT2D eigenvalue weighted by Crippen LogP contribution is 2.28. The van der Waals surface area contributed by atoms with Crippen LogP contribution in [0.4, 0.5) is 0 Å². The molecule has 5 nitrogen and oxygen atoms in total. The maximum atomic E-state index is 9.12. The molecule has 1 aromatic carbocycles. The Balaban J connectivity index is 2.22. The van der Waals surface area contributed by atoms with E-state index in [9.17, 15) is 0 Å². The molecular formula is C15H12N4O. The number of nitriles is 1. The monoisotopic (exact) mass is 264 g/mol.